The summed E-state index contributed by atoms with van der Waals surface area (Å²) >= 11 is 0. The van der Waals surface area contributed by atoms with E-state index in [1.54, 1.807) is 0 Å². The van der Waals surface area contributed by atoms with E-state index in [1.165, 1.54) is 5.56 Å². The predicted octanol–water partition coefficient (Wildman–Crippen LogP) is 2.64. The highest BCUT2D eigenvalue weighted by Crippen LogP contribution is 2.37. The molecule has 0 spiro atoms. The van der Waals surface area contributed by atoms with Crippen molar-refractivity contribution in [1.29, 1.82) is 0 Å². The number of anilines is 1. The van der Waals surface area contributed by atoms with Crippen molar-refractivity contribution in [2.24, 2.45) is 0 Å². The molecule has 1 fully saturated rings. The van der Waals surface area contributed by atoms with Crippen molar-refractivity contribution in [3.8, 4) is 11.5 Å². The summed E-state index contributed by atoms with van der Waals surface area (Å²) in [4.78, 5) is 14.6. The summed E-state index contributed by atoms with van der Waals surface area (Å²) in [6.07, 6.45) is 0. The third kappa shape index (κ3) is 3.39. The van der Waals surface area contributed by atoms with E-state index in [-0.39, 0.29) is 12.1 Å². The number of amides is 2. The summed E-state index contributed by atoms with van der Waals surface area (Å²) in [7, 11) is 0. The van der Waals surface area contributed by atoms with Crippen LogP contribution < -0.4 is 20.1 Å². The second-order valence-electron chi connectivity index (χ2n) is 6.12. The highest BCUT2D eigenvalue weighted by atomic mass is 16.6. The molecule has 1 saturated heterocycles. The number of carbonyl (C=O) groups excluding carboxylic acids is 1. The number of benzene rings is 2. The molecule has 2 aliphatic heterocycles. The van der Waals surface area contributed by atoms with Crippen molar-refractivity contribution >= 4 is 11.7 Å². The van der Waals surface area contributed by atoms with E-state index >= 15 is 0 Å². The van der Waals surface area contributed by atoms with Gasteiger partial charge in [0.05, 0.1) is 11.7 Å². The monoisotopic (exact) mass is 339 g/mol. The Bertz CT molecular complexity index is 751. The fourth-order valence-electron chi connectivity index (χ4n) is 3.21. The second-order valence-corrected chi connectivity index (χ2v) is 6.12. The van der Waals surface area contributed by atoms with E-state index in [4.69, 9.17) is 9.47 Å². The lowest BCUT2D eigenvalue weighted by Gasteiger charge is -2.34. The van der Waals surface area contributed by atoms with Gasteiger partial charge < -0.3 is 25.0 Å². The summed E-state index contributed by atoms with van der Waals surface area (Å²) < 4.78 is 11.2. The predicted molar refractivity (Wildman–Crippen MR) is 95.2 cm³/mol. The van der Waals surface area contributed by atoms with Crippen LogP contribution in [0.1, 0.15) is 11.6 Å². The molecule has 0 aliphatic carbocycles. The van der Waals surface area contributed by atoms with Gasteiger partial charge in [0.2, 0.25) is 0 Å². The third-order valence-electron chi connectivity index (χ3n) is 4.47. The Labute approximate surface area is 146 Å². The normalized spacial score (nSPS) is 19.4. The van der Waals surface area contributed by atoms with Gasteiger partial charge in [0.15, 0.2) is 11.5 Å². The zero-order valence-electron chi connectivity index (χ0n) is 13.9. The van der Waals surface area contributed by atoms with Crippen molar-refractivity contribution in [3.05, 3.63) is 54.1 Å². The van der Waals surface area contributed by atoms with Crippen LogP contribution in [0.4, 0.5) is 10.5 Å². The molecule has 2 amide bonds. The Hall–Kier alpha value is -2.73. The maximum atomic E-state index is 12.7. The number of urea groups is 1. The standard InChI is InChI=1S/C19H21N3O3/c23-19(21-15-7-4-8-17-18(15)25-12-11-24-17)22-10-9-20-16(13-22)14-5-2-1-3-6-14/h1-8,16,20H,9-13H2,(H,21,23). The Balaban J connectivity index is 1.46. The van der Waals surface area contributed by atoms with Gasteiger partial charge in [-0.25, -0.2) is 4.79 Å². The number of carbonyl (C=O) groups is 1. The molecule has 0 aromatic heterocycles. The summed E-state index contributed by atoms with van der Waals surface area (Å²) in [6.45, 7) is 3.08. The maximum Gasteiger partial charge on any atom is 0.322 e. The van der Waals surface area contributed by atoms with E-state index in [0.717, 1.165) is 6.54 Å². The van der Waals surface area contributed by atoms with Gasteiger partial charge in [-0.2, -0.15) is 0 Å². The van der Waals surface area contributed by atoms with Crippen molar-refractivity contribution in [2.75, 3.05) is 38.2 Å². The van der Waals surface area contributed by atoms with Crippen molar-refractivity contribution in [1.82, 2.24) is 10.2 Å². The van der Waals surface area contributed by atoms with Gasteiger partial charge in [0.1, 0.15) is 13.2 Å². The van der Waals surface area contributed by atoms with Crippen LogP contribution in [0.5, 0.6) is 11.5 Å². The van der Waals surface area contributed by atoms with Crippen LogP contribution in [0.2, 0.25) is 0 Å². The Morgan fingerprint density at radius 3 is 2.80 bits per heavy atom. The van der Waals surface area contributed by atoms with Crippen LogP contribution in [0.3, 0.4) is 0 Å². The third-order valence-corrected chi connectivity index (χ3v) is 4.47. The van der Waals surface area contributed by atoms with E-state index in [2.05, 4.69) is 22.8 Å². The number of hydrogen-bond acceptors (Lipinski definition) is 4. The topological polar surface area (TPSA) is 62.8 Å². The van der Waals surface area contributed by atoms with Gasteiger partial charge in [-0.05, 0) is 17.7 Å². The molecule has 2 N–H and O–H groups in total. The van der Waals surface area contributed by atoms with Gasteiger partial charge in [0, 0.05) is 19.6 Å². The molecule has 1 unspecified atom stereocenters. The first-order valence-corrected chi connectivity index (χ1v) is 8.54. The average Bonchev–Trinajstić information content (AvgIpc) is 2.69. The summed E-state index contributed by atoms with van der Waals surface area (Å²) in [6, 6.07) is 15.8. The molecule has 0 radical (unpaired) electrons. The van der Waals surface area contributed by atoms with Gasteiger partial charge in [-0.15, -0.1) is 0 Å². The molecule has 2 aromatic rings. The van der Waals surface area contributed by atoms with E-state index in [0.29, 0.717) is 43.5 Å². The molecule has 2 heterocycles. The molecule has 1 atom stereocenters. The molecule has 2 aromatic carbocycles. The van der Waals surface area contributed by atoms with Crippen molar-refractivity contribution < 1.29 is 14.3 Å². The SMILES string of the molecule is O=C(Nc1cccc2c1OCCO2)N1CCNC(c2ccccc2)C1. The first-order chi connectivity index (χ1) is 12.3. The minimum atomic E-state index is -0.120. The van der Waals surface area contributed by atoms with Gasteiger partial charge in [-0.3, -0.25) is 0 Å². The molecule has 25 heavy (non-hydrogen) atoms. The average molecular weight is 339 g/mol. The molecular weight excluding hydrogens is 318 g/mol. The Kier molecular flexibility index (Phi) is 4.43. The van der Waals surface area contributed by atoms with Crippen LogP contribution in [0.25, 0.3) is 0 Å². The fraction of sp³-hybridized carbons (Fsp3) is 0.316. The zero-order chi connectivity index (χ0) is 17.1. The maximum absolute atomic E-state index is 12.7. The summed E-state index contributed by atoms with van der Waals surface area (Å²) in [5, 5.41) is 6.43. The Morgan fingerprint density at radius 1 is 1.08 bits per heavy atom. The first-order valence-electron chi connectivity index (χ1n) is 8.54. The molecule has 6 heteroatoms. The van der Waals surface area contributed by atoms with Gasteiger partial charge in [0.25, 0.3) is 0 Å². The summed E-state index contributed by atoms with van der Waals surface area (Å²) in [5.74, 6) is 1.28. The summed E-state index contributed by atoms with van der Waals surface area (Å²) in [5.41, 5.74) is 1.84. The number of para-hydroxylation sites is 1. The molecule has 2 aliphatic rings. The number of piperazine rings is 1. The highest BCUT2D eigenvalue weighted by Gasteiger charge is 2.25. The lowest BCUT2D eigenvalue weighted by atomic mass is 10.0. The fourth-order valence-corrected chi connectivity index (χ4v) is 3.21. The van der Waals surface area contributed by atoms with Crippen LogP contribution in [0.15, 0.2) is 48.5 Å². The van der Waals surface area contributed by atoms with E-state index in [9.17, 15) is 4.79 Å². The zero-order valence-corrected chi connectivity index (χ0v) is 13.9. The molecule has 0 saturated carbocycles. The van der Waals surface area contributed by atoms with Crippen molar-refractivity contribution in [2.45, 2.75) is 6.04 Å². The van der Waals surface area contributed by atoms with Gasteiger partial charge in [-0.1, -0.05) is 36.4 Å². The number of hydrogen-bond donors (Lipinski definition) is 2. The van der Waals surface area contributed by atoms with Gasteiger partial charge >= 0.3 is 6.03 Å². The smallest absolute Gasteiger partial charge is 0.322 e. The number of fused-ring (bicyclic) bond motifs is 1. The largest absolute Gasteiger partial charge is 0.486 e. The molecular formula is C19H21N3O3. The first kappa shape index (κ1) is 15.8. The van der Waals surface area contributed by atoms with Crippen molar-refractivity contribution in [3.63, 3.8) is 0 Å². The molecule has 0 bridgehead atoms. The van der Waals surface area contributed by atoms with Crippen LogP contribution in [0, 0.1) is 0 Å². The molecule has 130 valence electrons. The highest BCUT2D eigenvalue weighted by molar-refractivity contribution is 5.91. The Morgan fingerprint density at radius 2 is 1.92 bits per heavy atom. The number of nitrogens with zero attached hydrogens (tertiary/aromatic N) is 1. The molecule has 6 nitrogen and oxygen atoms in total. The minimum Gasteiger partial charge on any atom is -0.486 e. The second kappa shape index (κ2) is 7.03. The lowest BCUT2D eigenvalue weighted by molar-refractivity contribution is 0.172. The van der Waals surface area contributed by atoms with E-state index < -0.39 is 0 Å². The van der Waals surface area contributed by atoms with E-state index in [1.807, 2.05) is 41.3 Å². The minimum absolute atomic E-state index is 0.120. The molecule has 4 rings (SSSR count). The van der Waals surface area contributed by atoms with Crippen LogP contribution in [-0.4, -0.2) is 43.8 Å². The van der Waals surface area contributed by atoms with Crippen LogP contribution in [-0.2, 0) is 0 Å². The lowest BCUT2D eigenvalue weighted by Crippen LogP contribution is -2.49. The quantitative estimate of drug-likeness (QED) is 0.883. The number of ether oxygens (including phenoxy) is 2. The number of rotatable bonds is 2. The van der Waals surface area contributed by atoms with Crippen LogP contribution >= 0.6 is 0 Å². The number of nitrogens with one attached hydrogen (secondary N) is 2.